The maximum absolute atomic E-state index is 11.7. The zero-order valence-corrected chi connectivity index (χ0v) is 22.6. The number of ether oxygens (including phenoxy) is 1. The van der Waals surface area contributed by atoms with E-state index in [2.05, 4.69) is 31.5 Å². The molecule has 4 aromatic heterocycles. The van der Waals surface area contributed by atoms with Gasteiger partial charge in [0.2, 0.25) is 17.6 Å². The number of nitrogens with one attached hydrogen (secondary N) is 1. The molecule has 1 N–H and O–H groups in total. The van der Waals surface area contributed by atoms with Crippen LogP contribution in [-0.2, 0) is 11.3 Å². The van der Waals surface area contributed by atoms with Crippen LogP contribution in [0.15, 0.2) is 27.8 Å². The van der Waals surface area contributed by atoms with Gasteiger partial charge in [-0.1, -0.05) is 36.5 Å². The third kappa shape index (κ3) is 4.61. The van der Waals surface area contributed by atoms with Crippen molar-refractivity contribution in [2.45, 2.75) is 70.6 Å². The summed E-state index contributed by atoms with van der Waals surface area (Å²) in [5, 5.41) is 4.34. The second kappa shape index (κ2) is 10.0. The van der Waals surface area contributed by atoms with Crippen LogP contribution in [-0.4, -0.2) is 59.9 Å². The lowest BCUT2D eigenvalue weighted by Gasteiger charge is -2.39. The first kappa shape index (κ1) is 24.7. The molecule has 2 saturated carbocycles. The van der Waals surface area contributed by atoms with Crippen LogP contribution in [0.4, 0.5) is 5.95 Å². The van der Waals surface area contributed by atoms with Crippen LogP contribution in [0.3, 0.4) is 0 Å². The maximum atomic E-state index is 11.7. The van der Waals surface area contributed by atoms with E-state index in [-0.39, 0.29) is 23.8 Å². The van der Waals surface area contributed by atoms with E-state index in [1.54, 1.807) is 12.4 Å². The molecule has 0 spiro atoms. The molecule has 12 heteroatoms. The molecule has 11 nitrogen and oxygen atoms in total. The van der Waals surface area contributed by atoms with Crippen molar-refractivity contribution in [3.63, 3.8) is 0 Å². The number of aromatic amines is 1. The first-order chi connectivity index (χ1) is 19.0. The fraction of sp³-hybridized carbons (Fsp3) is 0.556. The van der Waals surface area contributed by atoms with Crippen LogP contribution in [0.2, 0.25) is 5.02 Å². The number of anilines is 1. The molecule has 2 aliphatic carbocycles. The van der Waals surface area contributed by atoms with Crippen molar-refractivity contribution < 1.29 is 9.26 Å². The topological polar surface area (TPSA) is 128 Å². The predicted octanol–water partition coefficient (Wildman–Crippen LogP) is 4.47. The highest BCUT2D eigenvalue weighted by Gasteiger charge is 2.39. The van der Waals surface area contributed by atoms with Crippen LogP contribution in [0.25, 0.3) is 34.1 Å². The van der Waals surface area contributed by atoms with Crippen molar-refractivity contribution >= 4 is 28.7 Å². The van der Waals surface area contributed by atoms with Gasteiger partial charge in [0.1, 0.15) is 11.2 Å². The minimum absolute atomic E-state index is 0.151. The van der Waals surface area contributed by atoms with Gasteiger partial charge in [-0.05, 0) is 50.0 Å². The highest BCUT2D eigenvalue weighted by atomic mass is 35.5. The number of hydrogen-bond acceptors (Lipinski definition) is 9. The largest absolute Gasteiger partial charge is 0.439 e. The summed E-state index contributed by atoms with van der Waals surface area (Å²) in [4.78, 5) is 35.9. The number of hydrogen-bond donors (Lipinski definition) is 1. The Labute approximate surface area is 230 Å². The number of rotatable bonds is 5. The van der Waals surface area contributed by atoms with E-state index in [0.717, 1.165) is 55.3 Å². The molecule has 1 aliphatic heterocycles. The van der Waals surface area contributed by atoms with E-state index in [4.69, 9.17) is 35.8 Å². The summed E-state index contributed by atoms with van der Waals surface area (Å²) in [6, 6.07) is 2.13. The van der Waals surface area contributed by atoms with Crippen LogP contribution in [0, 0.1) is 11.8 Å². The van der Waals surface area contributed by atoms with E-state index in [0.29, 0.717) is 28.9 Å². The van der Waals surface area contributed by atoms with Crippen molar-refractivity contribution in [2.24, 2.45) is 11.8 Å². The molecule has 3 aliphatic rings. The van der Waals surface area contributed by atoms with E-state index in [1.165, 1.54) is 25.7 Å². The fourth-order valence-corrected chi connectivity index (χ4v) is 6.71. The summed E-state index contributed by atoms with van der Waals surface area (Å²) in [5.41, 5.74) is 2.77. The third-order valence-corrected chi connectivity index (χ3v) is 8.74. The van der Waals surface area contributed by atoms with Gasteiger partial charge in [0.25, 0.3) is 0 Å². The first-order valence-corrected chi connectivity index (χ1v) is 14.2. The number of imidazole rings is 1. The molecular formula is C27H31ClN8O3. The molecule has 3 fully saturated rings. The van der Waals surface area contributed by atoms with Crippen molar-refractivity contribution in [1.29, 1.82) is 0 Å². The molecule has 5 heterocycles. The van der Waals surface area contributed by atoms with Crippen molar-refractivity contribution in [2.75, 3.05) is 18.1 Å². The standard InChI is InChI=1S/C27H31ClN8O3/c1-15-5-7-16(8-6-15)14-36-22-21(17-11-18(28)13-29-12-17)30-24(25-33-27(37)39-34-25)31-23(22)32-26(36)35-9-10-38-20-4-2-3-19(20)35/h11-13,15-16,19-20H,2-10,14H2,1H3,(H,33,34,37). The first-order valence-electron chi connectivity index (χ1n) is 13.9. The molecule has 0 bridgehead atoms. The lowest BCUT2D eigenvalue weighted by Crippen LogP contribution is -2.49. The molecule has 0 amide bonds. The fourth-order valence-electron chi connectivity index (χ4n) is 6.54. The molecule has 0 radical (unpaired) electrons. The number of morpholine rings is 1. The molecule has 39 heavy (non-hydrogen) atoms. The average molecular weight is 551 g/mol. The number of H-pyrrole nitrogens is 1. The summed E-state index contributed by atoms with van der Waals surface area (Å²) >= 11 is 6.38. The van der Waals surface area contributed by atoms with Crippen LogP contribution >= 0.6 is 11.6 Å². The minimum atomic E-state index is -0.669. The Kier molecular flexibility index (Phi) is 6.35. The van der Waals surface area contributed by atoms with Crippen molar-refractivity contribution in [3.8, 4) is 22.9 Å². The Morgan fingerprint density at radius 2 is 1.97 bits per heavy atom. The van der Waals surface area contributed by atoms with Gasteiger partial charge in [-0.3, -0.25) is 14.5 Å². The molecule has 4 aromatic rings. The SMILES string of the molecule is CC1CCC(Cn2c(N3CCOC4CCCC43)nc3nc(-c4noc(=O)[nH]4)nc(-c4cncc(Cl)c4)c32)CC1. The van der Waals surface area contributed by atoms with Crippen LogP contribution in [0.5, 0.6) is 0 Å². The highest BCUT2D eigenvalue weighted by Crippen LogP contribution is 2.39. The summed E-state index contributed by atoms with van der Waals surface area (Å²) in [6.07, 6.45) is 11.7. The van der Waals surface area contributed by atoms with Gasteiger partial charge in [0.05, 0.1) is 23.8 Å². The van der Waals surface area contributed by atoms with Crippen LogP contribution < -0.4 is 10.7 Å². The number of pyridine rings is 1. The molecule has 2 atom stereocenters. The van der Waals surface area contributed by atoms with Gasteiger partial charge in [-0.2, -0.15) is 4.98 Å². The quantitative estimate of drug-likeness (QED) is 0.382. The normalized spacial score (nSPS) is 25.3. The Morgan fingerprint density at radius 3 is 2.77 bits per heavy atom. The van der Waals surface area contributed by atoms with Gasteiger partial charge in [-0.15, -0.1) is 0 Å². The van der Waals surface area contributed by atoms with E-state index in [9.17, 15) is 4.79 Å². The van der Waals surface area contributed by atoms with Gasteiger partial charge in [0.15, 0.2) is 5.65 Å². The summed E-state index contributed by atoms with van der Waals surface area (Å²) in [5.74, 6) is 1.92. The minimum Gasteiger partial charge on any atom is -0.374 e. The predicted molar refractivity (Wildman–Crippen MR) is 146 cm³/mol. The smallest absolute Gasteiger partial charge is 0.374 e. The Bertz CT molecular complexity index is 1560. The van der Waals surface area contributed by atoms with E-state index < -0.39 is 5.76 Å². The zero-order chi connectivity index (χ0) is 26.5. The van der Waals surface area contributed by atoms with Gasteiger partial charge in [0, 0.05) is 31.0 Å². The van der Waals surface area contributed by atoms with E-state index >= 15 is 0 Å². The molecule has 0 aromatic carbocycles. The van der Waals surface area contributed by atoms with Crippen molar-refractivity contribution in [1.82, 2.24) is 34.6 Å². The number of nitrogens with zero attached hydrogens (tertiary/aromatic N) is 7. The zero-order valence-electron chi connectivity index (χ0n) is 21.8. The molecule has 1 saturated heterocycles. The molecular weight excluding hydrogens is 520 g/mol. The van der Waals surface area contributed by atoms with E-state index in [1.807, 2.05) is 6.07 Å². The average Bonchev–Trinajstić information content (AvgIpc) is 3.68. The second-order valence-corrected chi connectivity index (χ2v) is 11.6. The van der Waals surface area contributed by atoms with Gasteiger partial charge < -0.3 is 14.2 Å². The van der Waals surface area contributed by atoms with Gasteiger partial charge in [-0.25, -0.2) is 14.8 Å². The molecule has 7 rings (SSSR count). The molecule has 2 unspecified atom stereocenters. The summed E-state index contributed by atoms with van der Waals surface area (Å²) in [6.45, 7) is 4.62. The number of fused-ring (bicyclic) bond motifs is 2. The Morgan fingerprint density at radius 1 is 1.10 bits per heavy atom. The Balaban J connectivity index is 1.44. The van der Waals surface area contributed by atoms with Crippen LogP contribution in [0.1, 0.15) is 51.9 Å². The molecule has 204 valence electrons. The van der Waals surface area contributed by atoms with Gasteiger partial charge >= 0.3 is 5.76 Å². The van der Waals surface area contributed by atoms with Crippen molar-refractivity contribution in [3.05, 3.63) is 34.0 Å². The second-order valence-electron chi connectivity index (χ2n) is 11.2. The monoisotopic (exact) mass is 550 g/mol. The summed E-state index contributed by atoms with van der Waals surface area (Å²) in [7, 11) is 0. The Hall–Kier alpha value is -3.31. The number of aromatic nitrogens is 7. The third-order valence-electron chi connectivity index (χ3n) is 8.53. The maximum Gasteiger partial charge on any atom is 0.439 e. The summed E-state index contributed by atoms with van der Waals surface area (Å²) < 4.78 is 13.2. The highest BCUT2D eigenvalue weighted by molar-refractivity contribution is 6.30. The lowest BCUT2D eigenvalue weighted by atomic mass is 9.83. The number of halogens is 1. The lowest BCUT2D eigenvalue weighted by molar-refractivity contribution is 0.0247.